The van der Waals surface area contributed by atoms with Crippen LogP contribution >= 0.6 is 24.0 Å². The summed E-state index contributed by atoms with van der Waals surface area (Å²) >= 11 is 5.96. The molecule has 1 amide bonds. The zero-order chi connectivity index (χ0) is 14.6. The Morgan fingerprint density at radius 2 is 2.14 bits per heavy atom. The number of ether oxygens (including phenoxy) is 2. The molecular weight excluding hydrogens is 315 g/mol. The molecule has 1 heterocycles. The lowest BCUT2D eigenvalue weighted by molar-refractivity contribution is -0.129. The second kappa shape index (κ2) is 7.84. The number of nitrogens with two attached hydrogens (primary N) is 1. The van der Waals surface area contributed by atoms with E-state index in [0.29, 0.717) is 43.4 Å². The maximum atomic E-state index is 12.2. The first-order valence-corrected chi connectivity index (χ1v) is 6.90. The van der Waals surface area contributed by atoms with Gasteiger partial charge in [0, 0.05) is 30.3 Å². The zero-order valence-electron chi connectivity index (χ0n) is 11.9. The van der Waals surface area contributed by atoms with Crippen molar-refractivity contribution < 1.29 is 14.3 Å². The molecule has 1 aromatic rings. The summed E-state index contributed by atoms with van der Waals surface area (Å²) in [5.74, 6) is 0.524. The number of halogens is 2. The van der Waals surface area contributed by atoms with Gasteiger partial charge in [-0.2, -0.15) is 0 Å². The van der Waals surface area contributed by atoms with E-state index < -0.39 is 5.54 Å². The number of rotatable bonds is 4. The van der Waals surface area contributed by atoms with Crippen LogP contribution in [0.5, 0.6) is 5.75 Å². The summed E-state index contributed by atoms with van der Waals surface area (Å²) in [6.07, 6.45) is 1.07. The van der Waals surface area contributed by atoms with E-state index >= 15 is 0 Å². The maximum Gasteiger partial charge on any atom is 0.240 e. The standard InChI is InChI=1S/C14H19ClN2O3.ClH/c1-19-12-3-2-11(15)8-10(12)9-17-13(18)14(16)4-6-20-7-5-14;/h2-3,8H,4-7,9,16H2,1H3,(H,17,18);1H. The molecule has 1 saturated heterocycles. The van der Waals surface area contributed by atoms with Gasteiger partial charge in [0.05, 0.1) is 12.6 Å². The minimum Gasteiger partial charge on any atom is -0.496 e. The highest BCUT2D eigenvalue weighted by Gasteiger charge is 2.35. The summed E-state index contributed by atoms with van der Waals surface area (Å²) in [5, 5.41) is 3.45. The van der Waals surface area contributed by atoms with E-state index in [4.69, 9.17) is 26.8 Å². The average molecular weight is 335 g/mol. The monoisotopic (exact) mass is 334 g/mol. The number of carbonyl (C=O) groups is 1. The van der Waals surface area contributed by atoms with E-state index in [9.17, 15) is 4.79 Å². The first kappa shape index (κ1) is 18.0. The molecule has 7 heteroatoms. The molecule has 0 aliphatic carbocycles. The van der Waals surface area contributed by atoms with Crippen molar-refractivity contribution in [2.75, 3.05) is 20.3 Å². The quantitative estimate of drug-likeness (QED) is 0.881. The minimum atomic E-state index is -0.843. The van der Waals surface area contributed by atoms with Crippen LogP contribution in [0.3, 0.4) is 0 Å². The molecule has 1 aliphatic rings. The Hall–Kier alpha value is -1.01. The molecule has 1 aliphatic heterocycles. The van der Waals surface area contributed by atoms with Gasteiger partial charge in [0.1, 0.15) is 5.75 Å². The van der Waals surface area contributed by atoms with E-state index in [1.807, 2.05) is 0 Å². The average Bonchev–Trinajstić information content (AvgIpc) is 2.45. The Morgan fingerprint density at radius 3 is 2.76 bits per heavy atom. The van der Waals surface area contributed by atoms with Crippen LogP contribution in [0.1, 0.15) is 18.4 Å². The largest absolute Gasteiger partial charge is 0.496 e. The van der Waals surface area contributed by atoms with Crippen LogP contribution in [0.15, 0.2) is 18.2 Å². The second-order valence-electron chi connectivity index (χ2n) is 4.91. The van der Waals surface area contributed by atoms with Gasteiger partial charge in [-0.05, 0) is 31.0 Å². The summed E-state index contributed by atoms with van der Waals surface area (Å²) in [4.78, 5) is 12.2. The summed E-state index contributed by atoms with van der Waals surface area (Å²) < 4.78 is 10.5. The molecule has 21 heavy (non-hydrogen) atoms. The highest BCUT2D eigenvalue weighted by molar-refractivity contribution is 6.30. The molecule has 0 unspecified atom stereocenters. The van der Waals surface area contributed by atoms with Crippen molar-refractivity contribution in [1.29, 1.82) is 0 Å². The van der Waals surface area contributed by atoms with Crippen molar-refractivity contribution in [2.24, 2.45) is 5.73 Å². The zero-order valence-corrected chi connectivity index (χ0v) is 13.4. The lowest BCUT2D eigenvalue weighted by atomic mass is 9.90. The predicted molar refractivity (Wildman–Crippen MR) is 84.1 cm³/mol. The molecule has 2 rings (SSSR count). The number of hydrogen-bond acceptors (Lipinski definition) is 4. The van der Waals surface area contributed by atoms with Crippen molar-refractivity contribution in [3.05, 3.63) is 28.8 Å². The van der Waals surface area contributed by atoms with Crippen molar-refractivity contribution in [3.8, 4) is 5.75 Å². The number of benzene rings is 1. The van der Waals surface area contributed by atoms with Gasteiger partial charge in [-0.1, -0.05) is 11.6 Å². The van der Waals surface area contributed by atoms with Gasteiger partial charge in [-0.3, -0.25) is 4.79 Å². The van der Waals surface area contributed by atoms with Crippen LogP contribution < -0.4 is 15.8 Å². The first-order chi connectivity index (χ1) is 9.55. The van der Waals surface area contributed by atoms with Gasteiger partial charge in [0.2, 0.25) is 5.91 Å². The van der Waals surface area contributed by atoms with E-state index in [0.717, 1.165) is 5.56 Å². The summed E-state index contributed by atoms with van der Waals surface area (Å²) in [6.45, 7) is 1.37. The summed E-state index contributed by atoms with van der Waals surface area (Å²) in [5.41, 5.74) is 6.10. The van der Waals surface area contributed by atoms with Crippen LogP contribution in [-0.2, 0) is 16.1 Å². The van der Waals surface area contributed by atoms with E-state index in [1.54, 1.807) is 25.3 Å². The van der Waals surface area contributed by atoms with E-state index in [-0.39, 0.29) is 18.3 Å². The van der Waals surface area contributed by atoms with Gasteiger partial charge in [-0.25, -0.2) is 0 Å². The molecule has 0 spiro atoms. The number of methoxy groups -OCH3 is 1. The van der Waals surface area contributed by atoms with Crippen LogP contribution in [-0.4, -0.2) is 31.8 Å². The molecule has 1 fully saturated rings. The number of amides is 1. The van der Waals surface area contributed by atoms with Gasteiger partial charge < -0.3 is 20.5 Å². The van der Waals surface area contributed by atoms with Gasteiger partial charge in [0.15, 0.2) is 0 Å². The van der Waals surface area contributed by atoms with Crippen LogP contribution in [0.2, 0.25) is 5.02 Å². The first-order valence-electron chi connectivity index (χ1n) is 6.52. The molecule has 5 nitrogen and oxygen atoms in total. The van der Waals surface area contributed by atoms with Crippen molar-refractivity contribution in [3.63, 3.8) is 0 Å². The molecule has 0 aromatic heterocycles. The summed E-state index contributed by atoms with van der Waals surface area (Å²) in [7, 11) is 1.58. The van der Waals surface area contributed by atoms with Crippen LogP contribution in [0.25, 0.3) is 0 Å². The van der Waals surface area contributed by atoms with Crippen molar-refractivity contribution in [1.82, 2.24) is 5.32 Å². The van der Waals surface area contributed by atoms with Gasteiger partial charge in [0.25, 0.3) is 0 Å². The maximum absolute atomic E-state index is 12.2. The minimum absolute atomic E-state index is 0. The second-order valence-corrected chi connectivity index (χ2v) is 5.34. The third-order valence-corrected chi connectivity index (χ3v) is 3.75. The molecular formula is C14H20Cl2N2O3. The topological polar surface area (TPSA) is 73.6 Å². The third-order valence-electron chi connectivity index (χ3n) is 3.52. The van der Waals surface area contributed by atoms with Crippen LogP contribution in [0, 0.1) is 0 Å². The molecule has 1 aromatic carbocycles. The number of nitrogens with one attached hydrogen (secondary N) is 1. The lowest BCUT2D eigenvalue weighted by Gasteiger charge is -2.31. The molecule has 0 atom stereocenters. The SMILES string of the molecule is COc1ccc(Cl)cc1CNC(=O)C1(N)CCOCC1.Cl. The van der Waals surface area contributed by atoms with E-state index in [1.165, 1.54) is 0 Å². The lowest BCUT2D eigenvalue weighted by Crippen LogP contribution is -2.56. The Bertz CT molecular complexity index is 491. The predicted octanol–water partition coefficient (Wildman–Crippen LogP) is 1.89. The Labute approximate surface area is 135 Å². The highest BCUT2D eigenvalue weighted by Crippen LogP contribution is 2.23. The summed E-state index contributed by atoms with van der Waals surface area (Å²) in [6, 6.07) is 5.29. The molecule has 0 saturated carbocycles. The number of carbonyl (C=O) groups excluding carboxylic acids is 1. The molecule has 118 valence electrons. The Morgan fingerprint density at radius 1 is 1.48 bits per heavy atom. The smallest absolute Gasteiger partial charge is 0.240 e. The van der Waals surface area contributed by atoms with Gasteiger partial charge >= 0.3 is 0 Å². The fraction of sp³-hybridized carbons (Fsp3) is 0.500. The molecule has 3 N–H and O–H groups in total. The fourth-order valence-electron chi connectivity index (χ4n) is 2.20. The normalized spacial score (nSPS) is 16.7. The van der Waals surface area contributed by atoms with E-state index in [2.05, 4.69) is 5.32 Å². The van der Waals surface area contributed by atoms with Crippen LogP contribution in [0.4, 0.5) is 0 Å². The molecule has 0 radical (unpaired) electrons. The van der Waals surface area contributed by atoms with Crippen molar-refractivity contribution in [2.45, 2.75) is 24.9 Å². The third kappa shape index (κ3) is 4.48. The Balaban J connectivity index is 0.00000220. The van der Waals surface area contributed by atoms with Crippen molar-refractivity contribution >= 4 is 29.9 Å². The highest BCUT2D eigenvalue weighted by atomic mass is 35.5. The Kier molecular flexibility index (Phi) is 6.74. The fourth-order valence-corrected chi connectivity index (χ4v) is 2.39. The van der Waals surface area contributed by atoms with Gasteiger partial charge in [-0.15, -0.1) is 12.4 Å². The molecule has 0 bridgehead atoms. The number of hydrogen-bond donors (Lipinski definition) is 2.